The van der Waals surface area contributed by atoms with E-state index in [1.165, 1.54) is 16.8 Å². The van der Waals surface area contributed by atoms with Gasteiger partial charge in [0.2, 0.25) is 0 Å². The highest BCUT2D eigenvalue weighted by molar-refractivity contribution is 5.66. The van der Waals surface area contributed by atoms with Gasteiger partial charge < -0.3 is 14.7 Å². The molecule has 1 unspecified atom stereocenters. The Hall–Kier alpha value is -1.55. The van der Waals surface area contributed by atoms with Gasteiger partial charge in [0.25, 0.3) is 0 Å². The van der Waals surface area contributed by atoms with Gasteiger partial charge in [0.15, 0.2) is 0 Å². The third-order valence-electron chi connectivity index (χ3n) is 3.57. The quantitative estimate of drug-likeness (QED) is 0.906. The van der Waals surface area contributed by atoms with Crippen molar-refractivity contribution >= 4 is 11.7 Å². The number of carboxylic acids is 1. The van der Waals surface area contributed by atoms with Crippen LogP contribution in [0, 0.1) is 13.8 Å². The first-order chi connectivity index (χ1) is 9.08. The fraction of sp³-hybridized carbons (Fsp3) is 0.533. The summed E-state index contributed by atoms with van der Waals surface area (Å²) in [6.45, 7) is 6.54. The first kappa shape index (κ1) is 13.9. The van der Waals surface area contributed by atoms with Crippen LogP contribution >= 0.6 is 0 Å². The maximum absolute atomic E-state index is 10.6. The number of aliphatic carboxylic acids is 1. The molecule has 1 aromatic rings. The average molecular weight is 263 g/mol. The van der Waals surface area contributed by atoms with Crippen molar-refractivity contribution in [3.63, 3.8) is 0 Å². The molecule has 104 valence electrons. The van der Waals surface area contributed by atoms with Crippen LogP contribution in [0.1, 0.15) is 24.0 Å². The Balaban J connectivity index is 2.06. The lowest BCUT2D eigenvalue weighted by molar-refractivity contribution is -0.137. The molecule has 1 aliphatic heterocycles. The molecule has 1 fully saturated rings. The number of carboxylic acid groups (broad SMARTS) is 1. The van der Waals surface area contributed by atoms with E-state index in [0.717, 1.165) is 13.1 Å². The van der Waals surface area contributed by atoms with Gasteiger partial charge in [-0.25, -0.2) is 0 Å². The van der Waals surface area contributed by atoms with Crippen LogP contribution < -0.4 is 4.90 Å². The molecular weight excluding hydrogens is 242 g/mol. The van der Waals surface area contributed by atoms with E-state index in [9.17, 15) is 4.79 Å². The molecule has 1 N–H and O–H groups in total. The number of morpholine rings is 1. The zero-order valence-corrected chi connectivity index (χ0v) is 11.6. The lowest BCUT2D eigenvalue weighted by Gasteiger charge is -2.36. The summed E-state index contributed by atoms with van der Waals surface area (Å²) in [6.07, 6.45) is 0.769. The Kier molecular flexibility index (Phi) is 4.43. The summed E-state index contributed by atoms with van der Waals surface area (Å²) in [6, 6.07) is 6.30. The van der Waals surface area contributed by atoms with Gasteiger partial charge in [-0.05, 0) is 31.4 Å². The van der Waals surface area contributed by atoms with Gasteiger partial charge in [0.1, 0.15) is 0 Å². The van der Waals surface area contributed by atoms with Crippen LogP contribution in [0.2, 0.25) is 0 Å². The van der Waals surface area contributed by atoms with Gasteiger partial charge in [-0.3, -0.25) is 4.79 Å². The van der Waals surface area contributed by atoms with Crippen molar-refractivity contribution in [2.45, 2.75) is 32.8 Å². The molecule has 1 aromatic carbocycles. The van der Waals surface area contributed by atoms with E-state index in [4.69, 9.17) is 9.84 Å². The monoisotopic (exact) mass is 263 g/mol. The number of benzene rings is 1. The van der Waals surface area contributed by atoms with Crippen LogP contribution in [0.5, 0.6) is 0 Å². The molecule has 1 saturated heterocycles. The lowest BCUT2D eigenvalue weighted by atomic mass is 10.1. The van der Waals surface area contributed by atoms with Crippen molar-refractivity contribution in [1.29, 1.82) is 0 Å². The number of aryl methyl sites for hydroxylation is 2. The van der Waals surface area contributed by atoms with Crippen LogP contribution in [0.25, 0.3) is 0 Å². The van der Waals surface area contributed by atoms with Crippen molar-refractivity contribution in [3.8, 4) is 0 Å². The Morgan fingerprint density at radius 1 is 1.42 bits per heavy atom. The fourth-order valence-corrected chi connectivity index (χ4v) is 2.69. The predicted octanol–water partition coefficient (Wildman–Crippen LogP) is 2.37. The molecule has 1 atom stereocenters. The second-order valence-corrected chi connectivity index (χ2v) is 5.11. The number of ether oxygens (including phenoxy) is 1. The smallest absolute Gasteiger partial charge is 0.303 e. The van der Waals surface area contributed by atoms with E-state index < -0.39 is 5.97 Å². The molecule has 0 amide bonds. The Bertz CT molecular complexity index is 438. The highest BCUT2D eigenvalue weighted by Gasteiger charge is 2.23. The molecule has 1 aliphatic rings. The number of anilines is 1. The fourth-order valence-electron chi connectivity index (χ4n) is 2.69. The number of rotatable bonds is 4. The SMILES string of the molecule is Cc1cccc(C)c1N1CCOC(CCC(=O)O)C1. The summed E-state index contributed by atoms with van der Waals surface area (Å²) >= 11 is 0. The highest BCUT2D eigenvalue weighted by Crippen LogP contribution is 2.26. The molecule has 0 bridgehead atoms. The molecule has 1 heterocycles. The van der Waals surface area contributed by atoms with Crippen LogP contribution in [0.3, 0.4) is 0 Å². The Morgan fingerprint density at radius 2 is 2.11 bits per heavy atom. The van der Waals surface area contributed by atoms with Crippen LogP contribution in [0.15, 0.2) is 18.2 Å². The summed E-state index contributed by atoms with van der Waals surface area (Å²) in [4.78, 5) is 13.0. The number of hydrogen-bond acceptors (Lipinski definition) is 3. The van der Waals surface area contributed by atoms with Crippen molar-refractivity contribution in [2.24, 2.45) is 0 Å². The van der Waals surface area contributed by atoms with Gasteiger partial charge in [-0.15, -0.1) is 0 Å². The third-order valence-corrected chi connectivity index (χ3v) is 3.57. The molecule has 0 aromatic heterocycles. The van der Waals surface area contributed by atoms with Crippen molar-refractivity contribution in [3.05, 3.63) is 29.3 Å². The van der Waals surface area contributed by atoms with E-state index in [-0.39, 0.29) is 12.5 Å². The first-order valence-corrected chi connectivity index (χ1v) is 6.72. The zero-order valence-electron chi connectivity index (χ0n) is 11.6. The first-order valence-electron chi connectivity index (χ1n) is 6.72. The summed E-state index contributed by atoms with van der Waals surface area (Å²) in [7, 11) is 0. The molecule has 2 rings (SSSR count). The van der Waals surface area contributed by atoms with Gasteiger partial charge >= 0.3 is 5.97 Å². The summed E-state index contributed by atoms with van der Waals surface area (Å²) in [5.74, 6) is -0.757. The molecule has 0 aliphatic carbocycles. The van der Waals surface area contributed by atoms with Gasteiger partial charge in [-0.2, -0.15) is 0 Å². The van der Waals surface area contributed by atoms with Gasteiger partial charge in [-0.1, -0.05) is 18.2 Å². The second kappa shape index (κ2) is 6.06. The normalized spacial score (nSPS) is 19.5. The molecular formula is C15H21NO3. The van der Waals surface area contributed by atoms with Crippen LogP contribution in [-0.4, -0.2) is 36.9 Å². The minimum atomic E-state index is -0.757. The largest absolute Gasteiger partial charge is 0.481 e. The summed E-state index contributed by atoms with van der Waals surface area (Å²) in [5.41, 5.74) is 3.80. The minimum absolute atomic E-state index is 0.0175. The topological polar surface area (TPSA) is 49.8 Å². The van der Waals surface area contributed by atoms with E-state index >= 15 is 0 Å². The lowest BCUT2D eigenvalue weighted by Crippen LogP contribution is -2.43. The Morgan fingerprint density at radius 3 is 2.74 bits per heavy atom. The maximum Gasteiger partial charge on any atom is 0.303 e. The van der Waals surface area contributed by atoms with E-state index in [0.29, 0.717) is 13.0 Å². The molecule has 19 heavy (non-hydrogen) atoms. The molecule has 4 heteroatoms. The van der Waals surface area contributed by atoms with Crippen molar-refractivity contribution in [2.75, 3.05) is 24.6 Å². The van der Waals surface area contributed by atoms with Gasteiger partial charge in [0.05, 0.1) is 12.7 Å². The van der Waals surface area contributed by atoms with E-state index in [2.05, 4.69) is 36.9 Å². The van der Waals surface area contributed by atoms with Crippen LogP contribution in [-0.2, 0) is 9.53 Å². The number of carbonyl (C=O) groups is 1. The van der Waals surface area contributed by atoms with E-state index in [1.54, 1.807) is 0 Å². The molecule has 0 spiro atoms. The molecule has 4 nitrogen and oxygen atoms in total. The number of nitrogens with zero attached hydrogens (tertiary/aromatic N) is 1. The minimum Gasteiger partial charge on any atom is -0.481 e. The van der Waals surface area contributed by atoms with Gasteiger partial charge in [0, 0.05) is 25.2 Å². The van der Waals surface area contributed by atoms with Crippen LogP contribution in [0.4, 0.5) is 5.69 Å². The number of para-hydroxylation sites is 1. The zero-order chi connectivity index (χ0) is 13.8. The second-order valence-electron chi connectivity index (χ2n) is 5.11. The summed E-state index contributed by atoms with van der Waals surface area (Å²) < 4.78 is 5.65. The van der Waals surface area contributed by atoms with Crippen molar-refractivity contribution < 1.29 is 14.6 Å². The van der Waals surface area contributed by atoms with Crippen molar-refractivity contribution in [1.82, 2.24) is 0 Å². The predicted molar refractivity (Wildman–Crippen MR) is 74.7 cm³/mol. The molecule has 0 saturated carbocycles. The molecule has 0 radical (unpaired) electrons. The highest BCUT2D eigenvalue weighted by atomic mass is 16.5. The third kappa shape index (κ3) is 3.47. The Labute approximate surface area is 114 Å². The standard InChI is InChI=1S/C15H21NO3/c1-11-4-3-5-12(2)15(11)16-8-9-19-13(10-16)6-7-14(17)18/h3-5,13H,6-10H2,1-2H3,(H,17,18). The van der Waals surface area contributed by atoms with E-state index in [1.807, 2.05) is 0 Å². The average Bonchev–Trinajstić information content (AvgIpc) is 2.37. The number of hydrogen-bond donors (Lipinski definition) is 1. The maximum atomic E-state index is 10.6. The summed E-state index contributed by atoms with van der Waals surface area (Å²) in [5, 5.41) is 8.75.